The van der Waals surface area contributed by atoms with Crippen molar-refractivity contribution in [2.75, 3.05) is 26.2 Å². The van der Waals surface area contributed by atoms with Crippen LogP contribution in [0.1, 0.15) is 32.6 Å². The Balaban J connectivity index is 1.32. The summed E-state index contributed by atoms with van der Waals surface area (Å²) in [6.07, 6.45) is 0. The van der Waals surface area contributed by atoms with Crippen molar-refractivity contribution >= 4 is 40.1 Å². The topological polar surface area (TPSA) is 141 Å². The predicted octanol–water partition coefficient (Wildman–Crippen LogP) is 2.84. The smallest absolute Gasteiger partial charge is 0.320 e. The maximum absolute atomic E-state index is 13.0. The number of carbonyl (C=O) groups excluding carboxylic acids is 3. The molecule has 1 saturated heterocycles. The number of nitrogens with zero attached hydrogens (tertiary/aromatic N) is 3. The molecule has 1 fully saturated rings. The fourth-order valence-electron chi connectivity index (χ4n) is 5.22. The number of primary amides is 1. The lowest BCUT2D eigenvalue weighted by atomic mass is 10.00. The van der Waals surface area contributed by atoms with Crippen LogP contribution in [0.5, 0.6) is 5.88 Å². The van der Waals surface area contributed by atoms with E-state index in [1.54, 1.807) is 28.0 Å². The fraction of sp³-hybridized carbons (Fsp3) is 0.200. The monoisotopic (exact) mass is 537 g/mol. The Bertz CT molecular complexity index is 1680. The number of carbonyl (C=O) groups is 3. The molecule has 0 bridgehead atoms. The number of benzene rings is 3. The van der Waals surface area contributed by atoms with Crippen LogP contribution in [-0.2, 0) is 27.4 Å². The molecule has 0 aliphatic carbocycles. The van der Waals surface area contributed by atoms with E-state index in [0.717, 1.165) is 16.7 Å². The number of nitrogens with two attached hydrogens (primary N) is 1. The Morgan fingerprint density at radius 3 is 2.55 bits per heavy atom. The van der Waals surface area contributed by atoms with Crippen LogP contribution in [0.25, 0.3) is 10.9 Å². The number of cyclic esters (lactones) is 1. The molecule has 0 unspecified atom stereocenters. The molecule has 10 nitrogen and oxygen atoms in total. The SMILES string of the molecule is NC(=O)c1ccc2c(C(=Nc3ccc4c(c3)CN(C(=O)CN3CCOC(=O)C3)C4)c3ccccc3)c(O)[nH]c2c1. The first-order valence-electron chi connectivity index (χ1n) is 12.9. The van der Waals surface area contributed by atoms with Gasteiger partial charge in [-0.2, -0.15) is 0 Å². The summed E-state index contributed by atoms with van der Waals surface area (Å²) < 4.78 is 4.96. The average Bonchev–Trinajstić information content (AvgIpc) is 3.52. The highest BCUT2D eigenvalue weighted by Crippen LogP contribution is 2.33. The molecule has 0 spiro atoms. The number of hydrogen-bond donors (Lipinski definition) is 3. The lowest BCUT2D eigenvalue weighted by Gasteiger charge is -2.27. The van der Waals surface area contributed by atoms with Gasteiger partial charge in [-0.25, -0.2) is 4.99 Å². The molecular weight excluding hydrogens is 510 g/mol. The first-order chi connectivity index (χ1) is 19.4. The van der Waals surface area contributed by atoms with Gasteiger partial charge in [-0.3, -0.25) is 19.3 Å². The molecule has 2 aliphatic rings. The zero-order chi connectivity index (χ0) is 27.8. The van der Waals surface area contributed by atoms with Crippen LogP contribution in [0.3, 0.4) is 0 Å². The largest absolute Gasteiger partial charge is 0.494 e. The summed E-state index contributed by atoms with van der Waals surface area (Å²) in [5, 5.41) is 11.6. The molecule has 10 heteroatoms. The number of ether oxygens (including phenoxy) is 1. The number of amides is 2. The van der Waals surface area contributed by atoms with Crippen molar-refractivity contribution in [2.24, 2.45) is 10.7 Å². The standard InChI is InChI=1S/C30H27N5O5/c31-29(38)19-7-9-23-24(13-19)33-30(39)27(23)28(18-4-2-1-3-5-18)32-22-8-6-20-14-35(15-21(20)12-22)25(36)16-34-10-11-40-26(37)17-34/h1-9,12-13,33,39H,10-11,14-17H2,(H2,31,38). The maximum Gasteiger partial charge on any atom is 0.320 e. The second kappa shape index (κ2) is 10.3. The molecular formula is C30H27N5O5. The van der Waals surface area contributed by atoms with Gasteiger partial charge >= 0.3 is 5.97 Å². The lowest BCUT2D eigenvalue weighted by Crippen LogP contribution is -2.45. The quantitative estimate of drug-likeness (QED) is 0.255. The van der Waals surface area contributed by atoms with Crippen LogP contribution in [0.15, 0.2) is 71.7 Å². The number of fused-ring (bicyclic) bond motifs is 2. The van der Waals surface area contributed by atoms with E-state index in [2.05, 4.69) is 4.98 Å². The van der Waals surface area contributed by atoms with E-state index >= 15 is 0 Å². The normalized spacial score (nSPS) is 15.8. The molecule has 2 amide bonds. The second-order valence-corrected chi connectivity index (χ2v) is 9.93. The number of aliphatic imine (C=N–C) groups is 1. The van der Waals surface area contributed by atoms with Crippen LogP contribution in [0.4, 0.5) is 5.69 Å². The van der Waals surface area contributed by atoms with Gasteiger partial charge in [-0.15, -0.1) is 0 Å². The third kappa shape index (κ3) is 4.92. The van der Waals surface area contributed by atoms with Crippen molar-refractivity contribution in [3.05, 3.63) is 94.5 Å². The van der Waals surface area contributed by atoms with Gasteiger partial charge in [0.1, 0.15) is 6.61 Å². The van der Waals surface area contributed by atoms with Gasteiger partial charge in [0.25, 0.3) is 0 Å². The lowest BCUT2D eigenvalue weighted by molar-refractivity contribution is -0.151. The molecule has 3 aromatic carbocycles. The molecule has 4 aromatic rings. The maximum atomic E-state index is 13.0. The number of esters is 1. The number of morpholine rings is 1. The molecule has 0 radical (unpaired) electrons. The number of aromatic nitrogens is 1. The Kier molecular flexibility index (Phi) is 6.53. The molecule has 0 atom stereocenters. The minimum atomic E-state index is -0.557. The average molecular weight is 538 g/mol. The fourth-order valence-corrected chi connectivity index (χ4v) is 5.22. The number of aromatic amines is 1. The van der Waals surface area contributed by atoms with Crippen molar-refractivity contribution in [1.29, 1.82) is 0 Å². The van der Waals surface area contributed by atoms with Crippen LogP contribution >= 0.6 is 0 Å². The first kappa shape index (κ1) is 25.3. The van der Waals surface area contributed by atoms with Gasteiger partial charge in [-0.1, -0.05) is 42.5 Å². The van der Waals surface area contributed by atoms with Crippen molar-refractivity contribution in [2.45, 2.75) is 13.1 Å². The minimum absolute atomic E-state index is 0.0417. The predicted molar refractivity (Wildman–Crippen MR) is 148 cm³/mol. The van der Waals surface area contributed by atoms with Crippen LogP contribution in [0.2, 0.25) is 0 Å². The van der Waals surface area contributed by atoms with Crippen LogP contribution in [0, 0.1) is 0 Å². The zero-order valence-electron chi connectivity index (χ0n) is 21.6. The van der Waals surface area contributed by atoms with Gasteiger partial charge < -0.3 is 25.5 Å². The Morgan fingerprint density at radius 2 is 1.77 bits per heavy atom. The van der Waals surface area contributed by atoms with E-state index in [-0.39, 0.29) is 30.8 Å². The van der Waals surface area contributed by atoms with Gasteiger partial charge in [0.05, 0.1) is 30.1 Å². The highest BCUT2D eigenvalue weighted by Gasteiger charge is 2.27. The summed E-state index contributed by atoms with van der Waals surface area (Å²) in [5.41, 5.74) is 10.9. The number of aromatic hydroxyl groups is 1. The summed E-state index contributed by atoms with van der Waals surface area (Å²) >= 11 is 0. The summed E-state index contributed by atoms with van der Waals surface area (Å²) in [4.78, 5) is 47.7. The summed E-state index contributed by atoms with van der Waals surface area (Å²) in [6.45, 7) is 2.08. The van der Waals surface area contributed by atoms with E-state index in [4.69, 9.17) is 15.5 Å². The van der Waals surface area contributed by atoms with E-state index in [0.29, 0.717) is 59.7 Å². The van der Waals surface area contributed by atoms with Crippen molar-refractivity contribution in [3.8, 4) is 5.88 Å². The van der Waals surface area contributed by atoms with Gasteiger partial charge in [0.2, 0.25) is 11.8 Å². The van der Waals surface area contributed by atoms with Gasteiger partial charge in [0.15, 0.2) is 5.88 Å². The van der Waals surface area contributed by atoms with Crippen molar-refractivity contribution in [3.63, 3.8) is 0 Å². The molecule has 40 heavy (non-hydrogen) atoms. The highest BCUT2D eigenvalue weighted by molar-refractivity contribution is 6.22. The summed E-state index contributed by atoms with van der Waals surface area (Å²) in [5.74, 6) is -0.979. The van der Waals surface area contributed by atoms with E-state index in [9.17, 15) is 19.5 Å². The third-order valence-electron chi connectivity index (χ3n) is 7.24. The second-order valence-electron chi connectivity index (χ2n) is 9.93. The van der Waals surface area contributed by atoms with Crippen molar-refractivity contribution < 1.29 is 24.2 Å². The summed E-state index contributed by atoms with van der Waals surface area (Å²) in [7, 11) is 0. The molecule has 4 N–H and O–H groups in total. The molecule has 6 rings (SSSR count). The Morgan fingerprint density at radius 1 is 0.975 bits per heavy atom. The molecule has 3 heterocycles. The number of rotatable bonds is 6. The highest BCUT2D eigenvalue weighted by atomic mass is 16.5. The van der Waals surface area contributed by atoms with Crippen LogP contribution in [-0.4, -0.2) is 69.6 Å². The summed E-state index contributed by atoms with van der Waals surface area (Å²) in [6, 6.07) is 20.3. The molecule has 1 aromatic heterocycles. The Hall–Kier alpha value is -4.96. The minimum Gasteiger partial charge on any atom is -0.494 e. The first-order valence-corrected chi connectivity index (χ1v) is 12.9. The van der Waals surface area contributed by atoms with Gasteiger partial charge in [-0.05, 0) is 35.4 Å². The van der Waals surface area contributed by atoms with E-state index in [1.165, 1.54) is 0 Å². The van der Waals surface area contributed by atoms with Crippen molar-refractivity contribution in [1.82, 2.24) is 14.8 Å². The van der Waals surface area contributed by atoms with Crippen LogP contribution < -0.4 is 5.73 Å². The zero-order valence-corrected chi connectivity index (χ0v) is 21.6. The number of hydrogen-bond acceptors (Lipinski definition) is 7. The van der Waals surface area contributed by atoms with E-state index < -0.39 is 5.91 Å². The third-order valence-corrected chi connectivity index (χ3v) is 7.24. The molecule has 0 saturated carbocycles. The Labute approximate surface area is 229 Å². The number of H-pyrrole nitrogens is 1. The van der Waals surface area contributed by atoms with E-state index in [1.807, 2.05) is 48.5 Å². The molecule has 202 valence electrons. The number of nitrogens with one attached hydrogen (secondary N) is 1. The van der Waals surface area contributed by atoms with Gasteiger partial charge in [0, 0.05) is 41.7 Å². The molecule has 2 aliphatic heterocycles.